The van der Waals surface area contributed by atoms with E-state index < -0.39 is 0 Å². The molecule has 0 saturated carbocycles. The van der Waals surface area contributed by atoms with E-state index in [0.717, 1.165) is 21.8 Å². The Morgan fingerprint density at radius 2 is 1.76 bits per heavy atom. The lowest BCUT2D eigenvalue weighted by Gasteiger charge is -2.05. The second-order valence-electron chi connectivity index (χ2n) is 3.79. The van der Waals surface area contributed by atoms with Gasteiger partial charge in [0, 0.05) is 10.8 Å². The van der Waals surface area contributed by atoms with Crippen LogP contribution in [-0.2, 0) is 0 Å². The van der Waals surface area contributed by atoms with Crippen LogP contribution in [0.15, 0.2) is 42.5 Å². The van der Waals surface area contributed by atoms with E-state index >= 15 is 0 Å². The van der Waals surface area contributed by atoms with Crippen LogP contribution in [0.4, 0.5) is 0 Å². The molecule has 80 valence electrons. The summed E-state index contributed by atoms with van der Waals surface area (Å²) in [4.78, 5) is 4.51. The molecule has 3 heteroatoms. The average Bonchev–Trinajstić information content (AvgIpc) is 2.38. The maximum Gasteiger partial charge on any atom is 0.0992 e. The third kappa shape index (κ3) is 1.52. The molecule has 0 atom stereocenters. The van der Waals surface area contributed by atoms with Gasteiger partial charge in [0.25, 0.3) is 0 Å². The van der Waals surface area contributed by atoms with Crippen molar-refractivity contribution in [3.63, 3.8) is 0 Å². The van der Waals surface area contributed by atoms with E-state index in [-0.39, 0.29) is 0 Å². The van der Waals surface area contributed by atoms with E-state index in [2.05, 4.69) is 11.1 Å². The number of nitriles is 1. The molecule has 17 heavy (non-hydrogen) atoms. The fourth-order valence-electron chi connectivity index (χ4n) is 1.91. The molecule has 0 bridgehead atoms. The highest BCUT2D eigenvalue weighted by Gasteiger charge is 2.06. The molecule has 0 aliphatic carbocycles. The molecule has 3 rings (SSSR count). The van der Waals surface area contributed by atoms with Gasteiger partial charge in [0.1, 0.15) is 0 Å². The number of aromatic nitrogens is 1. The molecule has 0 aliphatic heterocycles. The first-order valence-electron chi connectivity index (χ1n) is 5.18. The summed E-state index contributed by atoms with van der Waals surface area (Å²) >= 11 is 6.35. The first-order valence-corrected chi connectivity index (χ1v) is 5.55. The number of para-hydroxylation sites is 1. The molecule has 1 heterocycles. The Bertz CT molecular complexity index is 772. The maximum atomic E-state index is 8.87. The highest BCUT2D eigenvalue weighted by molar-refractivity contribution is 6.40. The molecule has 0 amide bonds. The summed E-state index contributed by atoms with van der Waals surface area (Å²) < 4.78 is 0. The first-order chi connectivity index (χ1) is 8.29. The number of nitrogens with zero attached hydrogens (tertiary/aromatic N) is 2. The van der Waals surface area contributed by atoms with Gasteiger partial charge in [-0.25, -0.2) is 4.98 Å². The van der Waals surface area contributed by atoms with E-state index in [1.54, 1.807) is 12.1 Å². The molecular weight excluding hydrogens is 232 g/mol. The standard InChI is InChI=1S/C14H7ClN2/c15-14-10-3-1-2-4-12(10)17-13-7-9(8-16)5-6-11(13)14/h1-7H. The molecule has 0 saturated heterocycles. The Hall–Kier alpha value is -2.11. The van der Waals surface area contributed by atoms with Crippen molar-refractivity contribution in [3.05, 3.63) is 53.1 Å². The van der Waals surface area contributed by atoms with Gasteiger partial charge >= 0.3 is 0 Å². The molecule has 0 fully saturated rings. The van der Waals surface area contributed by atoms with Crippen LogP contribution in [0.2, 0.25) is 5.02 Å². The van der Waals surface area contributed by atoms with E-state index in [4.69, 9.17) is 16.9 Å². The number of rotatable bonds is 0. The Labute approximate surface area is 103 Å². The third-order valence-electron chi connectivity index (χ3n) is 2.74. The zero-order valence-corrected chi connectivity index (χ0v) is 9.57. The molecule has 0 radical (unpaired) electrons. The smallest absolute Gasteiger partial charge is 0.0992 e. The van der Waals surface area contributed by atoms with Gasteiger partial charge in [-0.15, -0.1) is 0 Å². The third-order valence-corrected chi connectivity index (χ3v) is 3.15. The van der Waals surface area contributed by atoms with Crippen molar-refractivity contribution in [2.45, 2.75) is 0 Å². The molecule has 0 N–H and O–H groups in total. The topological polar surface area (TPSA) is 36.7 Å². The number of hydrogen-bond donors (Lipinski definition) is 0. The average molecular weight is 239 g/mol. The molecule has 0 aliphatic rings. The highest BCUT2D eigenvalue weighted by Crippen LogP contribution is 2.30. The van der Waals surface area contributed by atoms with E-state index in [1.807, 2.05) is 30.3 Å². The van der Waals surface area contributed by atoms with Crippen molar-refractivity contribution < 1.29 is 0 Å². The van der Waals surface area contributed by atoms with Gasteiger partial charge in [-0.2, -0.15) is 5.26 Å². The predicted octanol–water partition coefficient (Wildman–Crippen LogP) is 3.91. The molecule has 1 aromatic heterocycles. The second-order valence-corrected chi connectivity index (χ2v) is 4.16. The van der Waals surface area contributed by atoms with Crippen molar-refractivity contribution in [1.82, 2.24) is 4.98 Å². The van der Waals surface area contributed by atoms with Crippen LogP contribution >= 0.6 is 11.6 Å². The lowest BCUT2D eigenvalue weighted by atomic mass is 10.1. The quantitative estimate of drug-likeness (QED) is 0.557. The lowest BCUT2D eigenvalue weighted by Crippen LogP contribution is -1.85. The van der Waals surface area contributed by atoms with Crippen LogP contribution in [0.5, 0.6) is 0 Å². The van der Waals surface area contributed by atoms with Gasteiger partial charge in [-0.3, -0.25) is 0 Å². The normalized spacial score (nSPS) is 10.6. The minimum absolute atomic E-state index is 0.594. The summed E-state index contributed by atoms with van der Waals surface area (Å²) in [5.74, 6) is 0. The Kier molecular flexibility index (Phi) is 2.21. The molecule has 3 aromatic rings. The number of hydrogen-bond acceptors (Lipinski definition) is 2. The van der Waals surface area contributed by atoms with Crippen molar-refractivity contribution in [2.24, 2.45) is 0 Å². The molecule has 2 nitrogen and oxygen atoms in total. The van der Waals surface area contributed by atoms with Crippen molar-refractivity contribution in [1.29, 1.82) is 5.26 Å². The van der Waals surface area contributed by atoms with Gasteiger partial charge in [0.2, 0.25) is 0 Å². The lowest BCUT2D eigenvalue weighted by molar-refractivity contribution is 1.46. The predicted molar refractivity (Wildman–Crippen MR) is 69.0 cm³/mol. The zero-order valence-electron chi connectivity index (χ0n) is 8.81. The molecule has 0 unspecified atom stereocenters. The van der Waals surface area contributed by atoms with Crippen LogP contribution < -0.4 is 0 Å². The van der Waals surface area contributed by atoms with Crippen LogP contribution in [0.25, 0.3) is 21.8 Å². The number of pyridine rings is 1. The van der Waals surface area contributed by atoms with Crippen molar-refractivity contribution in [3.8, 4) is 6.07 Å². The van der Waals surface area contributed by atoms with E-state index in [1.165, 1.54) is 0 Å². The summed E-state index contributed by atoms with van der Waals surface area (Å²) in [5.41, 5.74) is 2.20. The van der Waals surface area contributed by atoms with Gasteiger partial charge in [0.15, 0.2) is 0 Å². The summed E-state index contributed by atoms with van der Waals surface area (Å²) in [6, 6.07) is 15.2. The Morgan fingerprint density at radius 3 is 2.59 bits per heavy atom. The van der Waals surface area contributed by atoms with Crippen molar-refractivity contribution in [2.75, 3.05) is 0 Å². The summed E-state index contributed by atoms with van der Waals surface area (Å²) in [7, 11) is 0. The fourth-order valence-corrected chi connectivity index (χ4v) is 2.23. The van der Waals surface area contributed by atoms with Crippen LogP contribution in [0.1, 0.15) is 5.56 Å². The van der Waals surface area contributed by atoms with E-state index in [0.29, 0.717) is 10.6 Å². The number of fused-ring (bicyclic) bond motifs is 2. The summed E-state index contributed by atoms with van der Waals surface area (Å²) in [5, 5.41) is 11.4. The van der Waals surface area contributed by atoms with Crippen LogP contribution in [0, 0.1) is 11.3 Å². The first kappa shape index (κ1) is 10.1. The summed E-state index contributed by atoms with van der Waals surface area (Å²) in [6.45, 7) is 0. The monoisotopic (exact) mass is 238 g/mol. The van der Waals surface area contributed by atoms with Gasteiger partial charge in [0.05, 0.1) is 27.7 Å². The maximum absolute atomic E-state index is 8.87. The molecular formula is C14H7ClN2. The minimum atomic E-state index is 0.594. The second kappa shape index (κ2) is 3.73. The van der Waals surface area contributed by atoms with Gasteiger partial charge in [-0.05, 0) is 24.3 Å². The summed E-state index contributed by atoms with van der Waals surface area (Å²) in [6.07, 6.45) is 0. The largest absolute Gasteiger partial charge is 0.248 e. The van der Waals surface area contributed by atoms with Gasteiger partial charge < -0.3 is 0 Å². The number of benzene rings is 2. The molecule has 0 spiro atoms. The van der Waals surface area contributed by atoms with Crippen LogP contribution in [-0.4, -0.2) is 4.98 Å². The van der Waals surface area contributed by atoms with E-state index in [9.17, 15) is 0 Å². The minimum Gasteiger partial charge on any atom is -0.248 e. The van der Waals surface area contributed by atoms with Gasteiger partial charge in [-0.1, -0.05) is 29.8 Å². The Balaban J connectivity index is 2.51. The number of halogens is 1. The SMILES string of the molecule is N#Cc1ccc2c(Cl)c3ccccc3nc2c1. The van der Waals surface area contributed by atoms with Crippen LogP contribution in [0.3, 0.4) is 0 Å². The van der Waals surface area contributed by atoms with Crippen molar-refractivity contribution >= 4 is 33.4 Å². The Morgan fingerprint density at radius 1 is 1.00 bits per heavy atom. The highest BCUT2D eigenvalue weighted by atomic mass is 35.5. The fraction of sp³-hybridized carbons (Fsp3) is 0. The molecule has 2 aromatic carbocycles. The zero-order chi connectivity index (χ0) is 11.8.